The van der Waals surface area contributed by atoms with Crippen molar-refractivity contribution in [2.45, 2.75) is 25.7 Å². The number of benzene rings is 1. The van der Waals surface area contributed by atoms with Crippen molar-refractivity contribution < 1.29 is 23.6 Å². The van der Waals surface area contributed by atoms with Crippen LogP contribution >= 0.6 is 0 Å². The van der Waals surface area contributed by atoms with E-state index in [-0.39, 0.29) is 43.0 Å². The molecule has 162 valence electrons. The maximum absolute atomic E-state index is 12.6. The number of amides is 4. The molecule has 0 unspecified atom stereocenters. The number of furan rings is 1. The summed E-state index contributed by atoms with van der Waals surface area (Å²) >= 11 is 0. The first kappa shape index (κ1) is 20.8. The molecule has 2 fully saturated rings. The van der Waals surface area contributed by atoms with Gasteiger partial charge in [0.1, 0.15) is 18.1 Å². The van der Waals surface area contributed by atoms with Gasteiger partial charge < -0.3 is 14.2 Å². The highest BCUT2D eigenvalue weighted by atomic mass is 16.3. The van der Waals surface area contributed by atoms with E-state index in [2.05, 4.69) is 0 Å². The van der Waals surface area contributed by atoms with Gasteiger partial charge >= 0.3 is 0 Å². The second-order valence-electron chi connectivity index (χ2n) is 7.77. The number of rotatable bonds is 6. The highest BCUT2D eigenvalue weighted by molar-refractivity contribution is 6.04. The van der Waals surface area contributed by atoms with E-state index in [1.54, 1.807) is 9.80 Å². The molecule has 0 aliphatic carbocycles. The summed E-state index contributed by atoms with van der Waals surface area (Å²) in [5, 5.41) is 0. The van der Waals surface area contributed by atoms with Crippen molar-refractivity contribution in [2.24, 2.45) is 0 Å². The summed E-state index contributed by atoms with van der Waals surface area (Å²) in [4.78, 5) is 52.8. The predicted octanol–water partition coefficient (Wildman–Crippen LogP) is 1.70. The number of hydrogen-bond donors (Lipinski definition) is 0. The molecule has 31 heavy (non-hydrogen) atoms. The summed E-state index contributed by atoms with van der Waals surface area (Å²) in [5.74, 6) is 0.738. The maximum atomic E-state index is 12.6. The molecule has 1 aromatic heterocycles. The molecular weight excluding hydrogens is 398 g/mol. The highest BCUT2D eigenvalue weighted by Gasteiger charge is 2.33. The lowest BCUT2D eigenvalue weighted by molar-refractivity contribution is -0.147. The van der Waals surface area contributed by atoms with Gasteiger partial charge in [-0.05, 0) is 12.1 Å². The van der Waals surface area contributed by atoms with E-state index in [0.717, 1.165) is 22.0 Å². The molecule has 8 heteroatoms. The normalized spacial score (nSPS) is 16.8. The van der Waals surface area contributed by atoms with Crippen LogP contribution in [0.3, 0.4) is 0 Å². The van der Waals surface area contributed by atoms with Crippen molar-refractivity contribution in [1.29, 1.82) is 0 Å². The van der Waals surface area contributed by atoms with Crippen LogP contribution in [0, 0.1) is 0 Å². The Balaban J connectivity index is 1.22. The minimum absolute atomic E-state index is 0.0228. The van der Waals surface area contributed by atoms with Crippen LogP contribution in [0.25, 0.3) is 11.3 Å². The summed E-state index contributed by atoms with van der Waals surface area (Å²) in [5.41, 5.74) is 0.998. The van der Waals surface area contributed by atoms with Crippen molar-refractivity contribution in [1.82, 2.24) is 14.7 Å². The highest BCUT2D eigenvalue weighted by Crippen LogP contribution is 2.22. The summed E-state index contributed by atoms with van der Waals surface area (Å²) in [6.07, 6.45) is 1.21. The van der Waals surface area contributed by atoms with Gasteiger partial charge in [0, 0.05) is 57.4 Å². The van der Waals surface area contributed by atoms with Crippen LogP contribution in [-0.4, -0.2) is 71.1 Å². The lowest BCUT2D eigenvalue weighted by atomic mass is 10.2. The summed E-state index contributed by atoms with van der Waals surface area (Å²) in [6.45, 7) is 1.49. The third-order valence-electron chi connectivity index (χ3n) is 5.74. The fourth-order valence-corrected chi connectivity index (χ4v) is 3.90. The lowest BCUT2D eigenvalue weighted by Crippen LogP contribution is -2.53. The molecule has 4 amide bonds. The number of carbonyl (C=O) groups excluding carboxylic acids is 4. The van der Waals surface area contributed by atoms with E-state index in [1.807, 2.05) is 42.5 Å². The van der Waals surface area contributed by atoms with Crippen molar-refractivity contribution >= 4 is 23.6 Å². The van der Waals surface area contributed by atoms with Gasteiger partial charge in [-0.25, -0.2) is 0 Å². The zero-order chi connectivity index (χ0) is 21.8. The molecule has 0 spiro atoms. The fourth-order valence-electron chi connectivity index (χ4n) is 3.90. The zero-order valence-corrected chi connectivity index (χ0v) is 17.3. The molecule has 0 radical (unpaired) electrons. The molecule has 0 saturated carbocycles. The van der Waals surface area contributed by atoms with E-state index in [1.165, 1.54) is 0 Å². The Kier molecular flexibility index (Phi) is 6.16. The molecular formula is C23H25N3O5. The van der Waals surface area contributed by atoms with Gasteiger partial charge in [0.25, 0.3) is 0 Å². The maximum Gasteiger partial charge on any atom is 0.242 e. The molecule has 1 aromatic carbocycles. The van der Waals surface area contributed by atoms with Crippen LogP contribution in [0.4, 0.5) is 0 Å². The molecule has 2 aromatic rings. The summed E-state index contributed by atoms with van der Waals surface area (Å²) in [7, 11) is 0. The summed E-state index contributed by atoms with van der Waals surface area (Å²) in [6, 6.07) is 13.6. The van der Waals surface area contributed by atoms with E-state index in [9.17, 15) is 19.2 Å². The van der Waals surface area contributed by atoms with Crippen LogP contribution in [0.5, 0.6) is 0 Å². The Hall–Kier alpha value is -3.42. The molecule has 0 atom stereocenters. The molecule has 2 saturated heterocycles. The average Bonchev–Trinajstić information content (AvgIpc) is 3.40. The van der Waals surface area contributed by atoms with Gasteiger partial charge in [-0.3, -0.25) is 24.1 Å². The van der Waals surface area contributed by atoms with E-state index in [0.29, 0.717) is 39.0 Å². The topological polar surface area (TPSA) is 91.1 Å². The van der Waals surface area contributed by atoms with Crippen LogP contribution in [0.1, 0.15) is 25.0 Å². The largest absolute Gasteiger partial charge is 0.461 e. The van der Waals surface area contributed by atoms with Gasteiger partial charge in [-0.1, -0.05) is 30.3 Å². The lowest BCUT2D eigenvalue weighted by Gasteiger charge is -2.35. The van der Waals surface area contributed by atoms with E-state index >= 15 is 0 Å². The second-order valence-corrected chi connectivity index (χ2v) is 7.77. The quantitative estimate of drug-likeness (QED) is 0.660. The molecule has 0 N–H and O–H groups in total. The van der Waals surface area contributed by atoms with Gasteiger partial charge in [0.05, 0.1) is 0 Å². The standard InChI is InChI=1S/C23H25N3O5/c27-20(9-7-18-6-8-19(31-18)17-4-2-1-3-5-17)24-12-14-25(15-13-24)23(30)16-26-21(28)10-11-22(26)29/h1-6,8H,7,9-16H2. The van der Waals surface area contributed by atoms with Gasteiger partial charge in [0.2, 0.25) is 23.6 Å². The molecule has 2 aliphatic heterocycles. The number of piperazine rings is 1. The Labute approximate surface area is 180 Å². The second kappa shape index (κ2) is 9.16. The number of carbonyl (C=O) groups is 4. The van der Waals surface area contributed by atoms with Crippen LogP contribution in [-0.2, 0) is 25.6 Å². The SMILES string of the molecule is O=C(CCc1ccc(-c2ccccc2)o1)N1CCN(C(=O)CN2C(=O)CCC2=O)CC1. The van der Waals surface area contributed by atoms with E-state index in [4.69, 9.17) is 4.42 Å². The fraction of sp³-hybridized carbons (Fsp3) is 0.391. The minimum Gasteiger partial charge on any atom is -0.461 e. The van der Waals surface area contributed by atoms with Crippen LogP contribution < -0.4 is 0 Å². The Morgan fingerprint density at radius 3 is 2.06 bits per heavy atom. The van der Waals surface area contributed by atoms with Crippen molar-refractivity contribution in [3.8, 4) is 11.3 Å². The van der Waals surface area contributed by atoms with Crippen molar-refractivity contribution in [2.75, 3.05) is 32.7 Å². The number of aryl methyl sites for hydroxylation is 1. The third-order valence-corrected chi connectivity index (χ3v) is 5.74. The number of hydrogen-bond acceptors (Lipinski definition) is 5. The molecule has 2 aliphatic rings. The van der Waals surface area contributed by atoms with Crippen molar-refractivity contribution in [3.05, 3.63) is 48.2 Å². The van der Waals surface area contributed by atoms with Crippen molar-refractivity contribution in [3.63, 3.8) is 0 Å². The third kappa shape index (κ3) is 4.84. The van der Waals surface area contributed by atoms with Gasteiger partial charge in [-0.2, -0.15) is 0 Å². The van der Waals surface area contributed by atoms with Gasteiger partial charge in [-0.15, -0.1) is 0 Å². The van der Waals surface area contributed by atoms with Crippen LogP contribution in [0.15, 0.2) is 46.9 Å². The minimum atomic E-state index is -0.291. The average molecular weight is 423 g/mol. The molecule has 0 bridgehead atoms. The zero-order valence-electron chi connectivity index (χ0n) is 17.3. The van der Waals surface area contributed by atoms with E-state index < -0.39 is 0 Å². The predicted molar refractivity (Wildman–Crippen MR) is 112 cm³/mol. The van der Waals surface area contributed by atoms with Crippen LogP contribution in [0.2, 0.25) is 0 Å². The van der Waals surface area contributed by atoms with Gasteiger partial charge in [0.15, 0.2) is 0 Å². The molecule has 3 heterocycles. The first-order chi connectivity index (χ1) is 15.0. The number of likely N-dealkylation sites (tertiary alicyclic amines) is 1. The first-order valence-electron chi connectivity index (χ1n) is 10.5. The number of nitrogens with zero attached hydrogens (tertiary/aromatic N) is 3. The Bertz CT molecular complexity index is 960. The molecule has 4 rings (SSSR count). The first-order valence-corrected chi connectivity index (χ1v) is 10.5. The monoisotopic (exact) mass is 423 g/mol. The Morgan fingerprint density at radius 2 is 1.42 bits per heavy atom. The Morgan fingerprint density at radius 1 is 0.806 bits per heavy atom. The smallest absolute Gasteiger partial charge is 0.242 e. The number of imide groups is 1. The molecule has 8 nitrogen and oxygen atoms in total. The summed E-state index contributed by atoms with van der Waals surface area (Å²) < 4.78 is 5.85.